The van der Waals surface area contributed by atoms with Crippen molar-refractivity contribution in [1.82, 2.24) is 15.5 Å². The third-order valence-corrected chi connectivity index (χ3v) is 5.13. The predicted molar refractivity (Wildman–Crippen MR) is 104 cm³/mol. The highest BCUT2D eigenvalue weighted by Gasteiger charge is 2.23. The molecular formula is C22H20FN3O2. The Hall–Kier alpha value is -3.28. The lowest BCUT2D eigenvalue weighted by molar-refractivity contribution is 0.0926. The van der Waals surface area contributed by atoms with Crippen molar-refractivity contribution in [3.63, 3.8) is 0 Å². The smallest absolute Gasteiger partial charge is 0.269 e. The number of benzene rings is 2. The second-order valence-corrected chi connectivity index (χ2v) is 7.06. The molecule has 1 heterocycles. The van der Waals surface area contributed by atoms with Crippen molar-refractivity contribution < 1.29 is 14.0 Å². The number of nitrogens with zero attached hydrogens (tertiary/aromatic N) is 1. The topological polar surface area (TPSA) is 74.8 Å². The van der Waals surface area contributed by atoms with Crippen LogP contribution in [0.1, 0.15) is 57.8 Å². The molecule has 28 heavy (non-hydrogen) atoms. The summed E-state index contributed by atoms with van der Waals surface area (Å²) < 4.78 is 13.1. The van der Waals surface area contributed by atoms with E-state index >= 15 is 0 Å². The van der Waals surface area contributed by atoms with Crippen molar-refractivity contribution in [1.29, 1.82) is 0 Å². The minimum atomic E-state index is -0.318. The zero-order chi connectivity index (χ0) is 19.7. The highest BCUT2D eigenvalue weighted by molar-refractivity contribution is 5.95. The van der Waals surface area contributed by atoms with Crippen LogP contribution in [0.15, 0.2) is 48.5 Å². The minimum Gasteiger partial charge on any atom is -0.344 e. The molecule has 0 saturated heterocycles. The van der Waals surface area contributed by atoms with Gasteiger partial charge in [-0.1, -0.05) is 12.1 Å². The summed E-state index contributed by atoms with van der Waals surface area (Å²) in [5.74, 6) is -0.518. The van der Waals surface area contributed by atoms with Crippen molar-refractivity contribution in [2.45, 2.75) is 32.2 Å². The number of Topliss-reactive ketones (excluding diaryl/α,β-unsaturated/α-hetero) is 1. The van der Waals surface area contributed by atoms with Gasteiger partial charge in [-0.3, -0.25) is 14.7 Å². The second-order valence-electron chi connectivity index (χ2n) is 7.06. The number of nitrogens with one attached hydrogen (secondary N) is 2. The van der Waals surface area contributed by atoms with Gasteiger partial charge >= 0.3 is 0 Å². The number of carbonyl (C=O) groups is 2. The standard InChI is InChI=1S/C22H20FN3O2/c1-13(27)15-7-10-18-16(11-15)3-2-4-19(18)24-22(28)21-12-20(25-26-21)14-5-8-17(23)9-6-14/h5-12,19H,2-4H2,1H3,(H,24,28)(H,25,26). The van der Waals surface area contributed by atoms with E-state index in [-0.39, 0.29) is 23.5 Å². The summed E-state index contributed by atoms with van der Waals surface area (Å²) in [5.41, 5.74) is 4.54. The Morgan fingerprint density at radius 1 is 1.14 bits per heavy atom. The number of hydrogen-bond acceptors (Lipinski definition) is 3. The van der Waals surface area contributed by atoms with Crippen LogP contribution in [0.4, 0.5) is 4.39 Å². The van der Waals surface area contributed by atoms with E-state index in [0.717, 1.165) is 36.0 Å². The largest absolute Gasteiger partial charge is 0.344 e. The van der Waals surface area contributed by atoms with Crippen LogP contribution in [0, 0.1) is 5.82 Å². The molecule has 2 N–H and O–H groups in total. The number of fused-ring (bicyclic) bond motifs is 1. The highest BCUT2D eigenvalue weighted by Crippen LogP contribution is 2.31. The van der Waals surface area contributed by atoms with Crippen LogP contribution in [0.2, 0.25) is 0 Å². The average Bonchev–Trinajstić information content (AvgIpc) is 3.18. The number of carbonyl (C=O) groups excluding carboxylic acids is 2. The lowest BCUT2D eigenvalue weighted by Crippen LogP contribution is -2.31. The zero-order valence-electron chi connectivity index (χ0n) is 15.5. The van der Waals surface area contributed by atoms with Crippen LogP contribution in [0.5, 0.6) is 0 Å². The number of halogens is 1. The molecule has 0 bridgehead atoms. The molecule has 0 saturated carbocycles. The molecule has 4 rings (SSSR count). The van der Waals surface area contributed by atoms with E-state index in [0.29, 0.717) is 17.0 Å². The molecule has 3 aromatic rings. The third kappa shape index (κ3) is 3.58. The quantitative estimate of drug-likeness (QED) is 0.668. The molecule has 1 amide bonds. The number of hydrogen-bond donors (Lipinski definition) is 2. The van der Waals surface area contributed by atoms with Crippen LogP contribution in [-0.2, 0) is 6.42 Å². The van der Waals surface area contributed by atoms with E-state index in [9.17, 15) is 14.0 Å². The van der Waals surface area contributed by atoms with Gasteiger partial charge in [0, 0.05) is 11.1 Å². The van der Waals surface area contributed by atoms with Crippen molar-refractivity contribution in [3.8, 4) is 11.3 Å². The van der Waals surface area contributed by atoms with E-state index in [2.05, 4.69) is 15.5 Å². The van der Waals surface area contributed by atoms with Gasteiger partial charge in [0.05, 0.1) is 11.7 Å². The Morgan fingerprint density at radius 2 is 1.93 bits per heavy atom. The molecule has 2 aromatic carbocycles. The molecule has 0 radical (unpaired) electrons. The van der Waals surface area contributed by atoms with Crippen molar-refractivity contribution >= 4 is 11.7 Å². The SMILES string of the molecule is CC(=O)c1ccc2c(c1)CCCC2NC(=O)c1cc(-c2ccc(F)cc2)n[nH]1. The van der Waals surface area contributed by atoms with Crippen LogP contribution in [-0.4, -0.2) is 21.9 Å². The van der Waals surface area contributed by atoms with Crippen LogP contribution in [0.3, 0.4) is 0 Å². The zero-order valence-corrected chi connectivity index (χ0v) is 15.5. The first-order valence-corrected chi connectivity index (χ1v) is 9.27. The molecule has 142 valence electrons. The summed E-state index contributed by atoms with van der Waals surface area (Å²) in [6, 6.07) is 13.2. The second kappa shape index (κ2) is 7.38. The highest BCUT2D eigenvalue weighted by atomic mass is 19.1. The lowest BCUT2D eigenvalue weighted by atomic mass is 9.86. The van der Waals surface area contributed by atoms with Crippen molar-refractivity contribution in [2.24, 2.45) is 0 Å². The first kappa shape index (κ1) is 18.1. The molecule has 1 aliphatic carbocycles. The fraction of sp³-hybridized carbons (Fsp3) is 0.227. The average molecular weight is 377 g/mol. The van der Waals surface area contributed by atoms with Gasteiger partial charge in [0.2, 0.25) is 0 Å². The summed E-state index contributed by atoms with van der Waals surface area (Å²) in [7, 11) is 0. The Kier molecular flexibility index (Phi) is 4.77. The fourth-order valence-corrected chi connectivity index (χ4v) is 3.63. The Balaban J connectivity index is 1.52. The Bertz CT molecular complexity index is 1040. The van der Waals surface area contributed by atoms with Gasteiger partial charge in [-0.2, -0.15) is 5.10 Å². The van der Waals surface area contributed by atoms with Crippen LogP contribution in [0.25, 0.3) is 11.3 Å². The van der Waals surface area contributed by atoms with Gasteiger partial charge < -0.3 is 5.32 Å². The number of amides is 1. The van der Waals surface area contributed by atoms with Crippen LogP contribution >= 0.6 is 0 Å². The van der Waals surface area contributed by atoms with E-state index < -0.39 is 0 Å². The maximum Gasteiger partial charge on any atom is 0.269 e. The summed E-state index contributed by atoms with van der Waals surface area (Å²) in [4.78, 5) is 24.3. The van der Waals surface area contributed by atoms with Gasteiger partial charge in [-0.25, -0.2) is 4.39 Å². The number of aromatic nitrogens is 2. The van der Waals surface area contributed by atoms with Gasteiger partial charge in [0.25, 0.3) is 5.91 Å². The summed E-state index contributed by atoms with van der Waals surface area (Å²) in [6.07, 6.45) is 2.70. The maximum atomic E-state index is 13.1. The van der Waals surface area contributed by atoms with E-state index in [4.69, 9.17) is 0 Å². The summed E-state index contributed by atoms with van der Waals surface area (Å²) in [6.45, 7) is 1.56. The molecule has 1 unspecified atom stereocenters. The monoisotopic (exact) mass is 377 g/mol. The maximum absolute atomic E-state index is 13.1. The summed E-state index contributed by atoms with van der Waals surface area (Å²) in [5, 5.41) is 9.97. The normalized spacial score (nSPS) is 15.7. The molecule has 1 atom stereocenters. The number of rotatable bonds is 4. The van der Waals surface area contributed by atoms with Gasteiger partial charge in [0.1, 0.15) is 11.5 Å². The van der Waals surface area contributed by atoms with E-state index in [1.54, 1.807) is 25.1 Å². The fourth-order valence-electron chi connectivity index (χ4n) is 3.63. The molecule has 1 aliphatic rings. The van der Waals surface area contributed by atoms with Gasteiger partial charge in [-0.15, -0.1) is 0 Å². The van der Waals surface area contributed by atoms with Gasteiger partial charge in [-0.05, 0) is 73.7 Å². The summed E-state index contributed by atoms with van der Waals surface area (Å²) >= 11 is 0. The van der Waals surface area contributed by atoms with Crippen LogP contribution < -0.4 is 5.32 Å². The van der Waals surface area contributed by atoms with Crippen molar-refractivity contribution in [2.75, 3.05) is 0 Å². The molecular weight excluding hydrogens is 357 g/mol. The van der Waals surface area contributed by atoms with E-state index in [1.807, 2.05) is 18.2 Å². The van der Waals surface area contributed by atoms with E-state index in [1.165, 1.54) is 12.1 Å². The number of aromatic amines is 1. The molecule has 0 aliphatic heterocycles. The van der Waals surface area contributed by atoms with Gasteiger partial charge in [0.15, 0.2) is 5.78 Å². The number of aryl methyl sites for hydroxylation is 1. The Morgan fingerprint density at radius 3 is 2.68 bits per heavy atom. The minimum absolute atomic E-state index is 0.0414. The Labute approximate surface area is 162 Å². The molecule has 5 nitrogen and oxygen atoms in total. The number of H-pyrrole nitrogens is 1. The lowest BCUT2D eigenvalue weighted by Gasteiger charge is -2.26. The predicted octanol–water partition coefficient (Wildman–Crippen LogP) is 4.23. The first-order chi connectivity index (χ1) is 13.5. The molecule has 6 heteroatoms. The third-order valence-electron chi connectivity index (χ3n) is 5.13. The first-order valence-electron chi connectivity index (χ1n) is 9.27. The molecule has 0 fully saturated rings. The molecule has 0 spiro atoms. The number of ketones is 1. The van der Waals surface area contributed by atoms with Crippen molar-refractivity contribution in [3.05, 3.63) is 76.7 Å². The molecule has 1 aromatic heterocycles.